The minimum absolute atomic E-state index is 0.179. The number of likely N-dealkylation sites (tertiary alicyclic amines) is 1. The van der Waals surface area contributed by atoms with Crippen LogP contribution in [0.1, 0.15) is 31.4 Å². The summed E-state index contributed by atoms with van der Waals surface area (Å²) in [7, 11) is 4.16. The highest BCUT2D eigenvalue weighted by Gasteiger charge is 2.30. The molecule has 2 rings (SSSR count). The van der Waals surface area contributed by atoms with Gasteiger partial charge in [-0.2, -0.15) is 0 Å². The molecule has 2 N–H and O–H groups in total. The van der Waals surface area contributed by atoms with Crippen LogP contribution >= 0.6 is 0 Å². The maximum Gasteiger partial charge on any atom is 0.227 e. The third-order valence-corrected chi connectivity index (χ3v) is 4.55. The molecule has 1 aliphatic rings. The number of hydrogen-bond donors (Lipinski definition) is 1. The van der Waals surface area contributed by atoms with Crippen LogP contribution in [-0.4, -0.2) is 48.9 Å². The van der Waals surface area contributed by atoms with Crippen molar-refractivity contribution < 1.29 is 4.79 Å². The van der Waals surface area contributed by atoms with E-state index in [1.807, 2.05) is 42.2 Å². The molecule has 21 heavy (non-hydrogen) atoms. The molecule has 0 radical (unpaired) electrons. The number of likely N-dealkylation sites (N-methyl/N-ethyl adjacent to an activating group) is 1. The highest BCUT2D eigenvalue weighted by molar-refractivity contribution is 5.79. The van der Waals surface area contributed by atoms with Gasteiger partial charge in [0.05, 0.1) is 5.92 Å². The van der Waals surface area contributed by atoms with E-state index in [-0.39, 0.29) is 17.9 Å². The minimum Gasteiger partial charge on any atom is -0.341 e. The van der Waals surface area contributed by atoms with E-state index in [2.05, 4.69) is 19.0 Å². The summed E-state index contributed by atoms with van der Waals surface area (Å²) in [6, 6.07) is 10.1. The van der Waals surface area contributed by atoms with E-state index >= 15 is 0 Å². The topological polar surface area (TPSA) is 49.6 Å². The monoisotopic (exact) mass is 289 g/mol. The van der Waals surface area contributed by atoms with Gasteiger partial charge in [-0.25, -0.2) is 0 Å². The molecule has 0 aliphatic carbocycles. The summed E-state index contributed by atoms with van der Waals surface area (Å²) >= 11 is 0. The van der Waals surface area contributed by atoms with Crippen molar-refractivity contribution in [3.05, 3.63) is 35.9 Å². The Labute approximate surface area is 127 Å². The van der Waals surface area contributed by atoms with Crippen LogP contribution in [0.4, 0.5) is 0 Å². The van der Waals surface area contributed by atoms with E-state index in [0.717, 1.165) is 31.5 Å². The smallest absolute Gasteiger partial charge is 0.227 e. The predicted molar refractivity (Wildman–Crippen MR) is 85.8 cm³/mol. The fourth-order valence-electron chi connectivity index (χ4n) is 2.98. The fraction of sp³-hybridized carbons (Fsp3) is 0.588. The Hall–Kier alpha value is -1.39. The average Bonchev–Trinajstić information content (AvgIpc) is 2.53. The van der Waals surface area contributed by atoms with Crippen molar-refractivity contribution in [2.45, 2.75) is 31.8 Å². The third-order valence-electron chi connectivity index (χ3n) is 4.55. The van der Waals surface area contributed by atoms with E-state index in [1.165, 1.54) is 0 Å². The second-order valence-electron chi connectivity index (χ2n) is 6.27. The number of benzene rings is 1. The normalized spacial score (nSPS) is 22.1. The van der Waals surface area contributed by atoms with Crippen molar-refractivity contribution in [3.63, 3.8) is 0 Å². The lowest BCUT2D eigenvalue weighted by Crippen LogP contribution is -2.50. The zero-order valence-electron chi connectivity index (χ0n) is 13.3. The molecule has 1 heterocycles. The Morgan fingerprint density at radius 2 is 2.00 bits per heavy atom. The Morgan fingerprint density at radius 1 is 1.33 bits per heavy atom. The third kappa shape index (κ3) is 3.83. The van der Waals surface area contributed by atoms with Gasteiger partial charge in [-0.3, -0.25) is 4.79 Å². The number of piperidine rings is 1. The quantitative estimate of drug-likeness (QED) is 0.920. The van der Waals surface area contributed by atoms with Crippen molar-refractivity contribution in [3.8, 4) is 0 Å². The molecule has 1 fully saturated rings. The lowest BCUT2D eigenvalue weighted by molar-refractivity contribution is -0.137. The lowest BCUT2D eigenvalue weighted by Gasteiger charge is -2.38. The van der Waals surface area contributed by atoms with Crippen LogP contribution in [0.15, 0.2) is 30.3 Å². The van der Waals surface area contributed by atoms with Gasteiger partial charge in [0.25, 0.3) is 0 Å². The first-order valence-corrected chi connectivity index (χ1v) is 7.76. The van der Waals surface area contributed by atoms with E-state index < -0.39 is 0 Å². The van der Waals surface area contributed by atoms with Crippen LogP contribution in [0.25, 0.3) is 0 Å². The Balaban J connectivity index is 2.02. The zero-order chi connectivity index (χ0) is 15.4. The highest BCUT2D eigenvalue weighted by Crippen LogP contribution is 2.23. The molecule has 4 heteroatoms. The van der Waals surface area contributed by atoms with Crippen LogP contribution in [-0.2, 0) is 4.79 Å². The van der Waals surface area contributed by atoms with Gasteiger partial charge in [-0.15, -0.1) is 0 Å². The molecule has 3 atom stereocenters. The molecule has 116 valence electrons. The molecular weight excluding hydrogens is 262 g/mol. The number of nitrogens with zero attached hydrogens (tertiary/aromatic N) is 2. The van der Waals surface area contributed by atoms with Gasteiger partial charge in [0, 0.05) is 25.2 Å². The van der Waals surface area contributed by atoms with E-state index in [0.29, 0.717) is 6.04 Å². The molecule has 0 bridgehead atoms. The van der Waals surface area contributed by atoms with Gasteiger partial charge < -0.3 is 15.5 Å². The summed E-state index contributed by atoms with van der Waals surface area (Å²) < 4.78 is 0. The van der Waals surface area contributed by atoms with Crippen LogP contribution in [0.2, 0.25) is 0 Å². The molecule has 0 aromatic heterocycles. The second kappa shape index (κ2) is 7.05. The van der Waals surface area contributed by atoms with Crippen molar-refractivity contribution in [2.24, 2.45) is 11.7 Å². The zero-order valence-corrected chi connectivity index (χ0v) is 13.3. The molecule has 1 amide bonds. The van der Waals surface area contributed by atoms with Crippen LogP contribution < -0.4 is 5.73 Å². The first kappa shape index (κ1) is 16.0. The SMILES string of the molecule is CC(C(=O)N1CCCC(N(C)C)C1)C(N)c1ccccc1. The predicted octanol–water partition coefficient (Wildman–Crippen LogP) is 1.88. The maximum absolute atomic E-state index is 12.7. The standard InChI is InChI=1S/C17H27N3O/c1-13(16(18)14-8-5-4-6-9-14)17(21)20-11-7-10-15(12-20)19(2)3/h4-6,8-9,13,15-16H,7,10-12,18H2,1-3H3. The van der Waals surface area contributed by atoms with Gasteiger partial charge >= 0.3 is 0 Å². The Kier molecular flexibility index (Phi) is 5.37. The number of nitrogens with two attached hydrogens (primary N) is 1. The number of hydrogen-bond acceptors (Lipinski definition) is 3. The largest absolute Gasteiger partial charge is 0.341 e. The van der Waals surface area contributed by atoms with Gasteiger partial charge in [0.15, 0.2) is 0 Å². The first-order chi connectivity index (χ1) is 10.0. The van der Waals surface area contributed by atoms with E-state index in [4.69, 9.17) is 5.73 Å². The number of amides is 1. The molecule has 1 saturated heterocycles. The maximum atomic E-state index is 12.7. The van der Waals surface area contributed by atoms with Gasteiger partial charge in [-0.1, -0.05) is 37.3 Å². The molecular formula is C17H27N3O. The van der Waals surface area contributed by atoms with Crippen LogP contribution in [0, 0.1) is 5.92 Å². The van der Waals surface area contributed by atoms with Crippen molar-refractivity contribution >= 4 is 5.91 Å². The van der Waals surface area contributed by atoms with Crippen molar-refractivity contribution in [1.82, 2.24) is 9.80 Å². The summed E-state index contributed by atoms with van der Waals surface area (Å²) in [6.07, 6.45) is 2.23. The Bertz CT molecular complexity index is 460. The second-order valence-corrected chi connectivity index (χ2v) is 6.27. The van der Waals surface area contributed by atoms with Crippen LogP contribution in [0.5, 0.6) is 0 Å². The number of carbonyl (C=O) groups is 1. The van der Waals surface area contributed by atoms with Gasteiger partial charge in [0.1, 0.15) is 0 Å². The van der Waals surface area contributed by atoms with Crippen molar-refractivity contribution in [2.75, 3.05) is 27.2 Å². The minimum atomic E-state index is -0.238. The molecule has 1 aliphatic heterocycles. The lowest BCUT2D eigenvalue weighted by atomic mass is 9.93. The fourth-order valence-corrected chi connectivity index (χ4v) is 2.98. The summed E-state index contributed by atoms with van der Waals surface area (Å²) in [4.78, 5) is 16.9. The van der Waals surface area contributed by atoms with Crippen LogP contribution in [0.3, 0.4) is 0 Å². The summed E-state index contributed by atoms with van der Waals surface area (Å²) in [6.45, 7) is 3.62. The average molecular weight is 289 g/mol. The van der Waals surface area contributed by atoms with E-state index in [9.17, 15) is 4.79 Å². The Morgan fingerprint density at radius 3 is 2.62 bits per heavy atom. The highest BCUT2D eigenvalue weighted by atomic mass is 16.2. The number of carbonyl (C=O) groups excluding carboxylic acids is 1. The molecule has 1 aromatic rings. The molecule has 1 aromatic carbocycles. The van der Waals surface area contributed by atoms with E-state index in [1.54, 1.807) is 0 Å². The molecule has 0 spiro atoms. The van der Waals surface area contributed by atoms with Gasteiger partial charge in [-0.05, 0) is 32.5 Å². The van der Waals surface area contributed by atoms with Crippen molar-refractivity contribution in [1.29, 1.82) is 0 Å². The number of rotatable bonds is 4. The molecule has 0 saturated carbocycles. The molecule has 4 nitrogen and oxygen atoms in total. The first-order valence-electron chi connectivity index (χ1n) is 7.76. The summed E-state index contributed by atoms with van der Waals surface area (Å²) in [5.74, 6) is -0.00813. The summed E-state index contributed by atoms with van der Waals surface area (Å²) in [5, 5.41) is 0. The molecule has 3 unspecified atom stereocenters. The van der Waals surface area contributed by atoms with Gasteiger partial charge in [0.2, 0.25) is 5.91 Å². The summed E-state index contributed by atoms with van der Waals surface area (Å²) in [5.41, 5.74) is 7.31.